The summed E-state index contributed by atoms with van der Waals surface area (Å²) in [5.41, 5.74) is 3.46. The summed E-state index contributed by atoms with van der Waals surface area (Å²) in [6.07, 6.45) is 7.51. The molecule has 2 heteroatoms. The summed E-state index contributed by atoms with van der Waals surface area (Å²) in [5.74, 6) is 10.8. The Labute approximate surface area is 106 Å². The van der Waals surface area contributed by atoms with Gasteiger partial charge >= 0.3 is 0 Å². The molecule has 4 fully saturated rings. The van der Waals surface area contributed by atoms with Gasteiger partial charge in [0.15, 0.2) is 0 Å². The number of rotatable bonds is 2. The average Bonchev–Trinajstić information content (AvgIpc) is 2.20. The van der Waals surface area contributed by atoms with Crippen LogP contribution in [-0.4, -0.2) is 6.04 Å². The second kappa shape index (κ2) is 3.96. The largest absolute Gasteiger partial charge is 0.271 e. The van der Waals surface area contributed by atoms with Crippen LogP contribution in [-0.2, 0) is 0 Å². The van der Waals surface area contributed by atoms with E-state index in [0.717, 1.165) is 29.6 Å². The van der Waals surface area contributed by atoms with Crippen molar-refractivity contribution in [2.24, 2.45) is 40.8 Å². The summed E-state index contributed by atoms with van der Waals surface area (Å²) < 4.78 is 0. The van der Waals surface area contributed by atoms with E-state index in [-0.39, 0.29) is 5.41 Å². The molecule has 17 heavy (non-hydrogen) atoms. The zero-order valence-electron chi connectivity index (χ0n) is 11.6. The molecule has 4 aliphatic rings. The topological polar surface area (TPSA) is 38.0 Å². The van der Waals surface area contributed by atoms with Crippen LogP contribution in [0.1, 0.15) is 52.9 Å². The third-order valence-electron chi connectivity index (χ3n) is 5.80. The molecule has 0 aromatic heterocycles. The van der Waals surface area contributed by atoms with Crippen molar-refractivity contribution >= 4 is 0 Å². The van der Waals surface area contributed by atoms with Gasteiger partial charge in [0, 0.05) is 6.04 Å². The molecule has 4 rings (SSSR count). The molecule has 4 aliphatic carbocycles. The van der Waals surface area contributed by atoms with Gasteiger partial charge in [-0.15, -0.1) is 0 Å². The molecule has 0 radical (unpaired) electrons. The van der Waals surface area contributed by atoms with Crippen LogP contribution >= 0.6 is 0 Å². The minimum atomic E-state index is 0.286. The van der Waals surface area contributed by atoms with Gasteiger partial charge in [-0.05, 0) is 67.1 Å². The van der Waals surface area contributed by atoms with Gasteiger partial charge in [0.05, 0.1) is 0 Å². The third-order valence-corrected chi connectivity index (χ3v) is 5.80. The molecule has 0 aromatic rings. The average molecular weight is 236 g/mol. The highest BCUT2D eigenvalue weighted by Crippen LogP contribution is 2.58. The lowest BCUT2D eigenvalue weighted by Gasteiger charge is -2.58. The van der Waals surface area contributed by atoms with E-state index in [0.29, 0.717) is 6.04 Å². The lowest BCUT2D eigenvalue weighted by molar-refractivity contribution is -0.0685. The molecule has 3 N–H and O–H groups in total. The molecular formula is C15H28N2. The highest BCUT2D eigenvalue weighted by atomic mass is 15.2. The summed E-state index contributed by atoms with van der Waals surface area (Å²) in [6.45, 7) is 7.01. The number of hydrogen-bond acceptors (Lipinski definition) is 2. The Bertz CT molecular complexity index is 264. The molecule has 1 unspecified atom stereocenters. The van der Waals surface area contributed by atoms with E-state index in [1.165, 1.54) is 32.1 Å². The molecule has 1 atom stereocenters. The Morgan fingerprint density at radius 3 is 1.76 bits per heavy atom. The Hall–Kier alpha value is -0.0800. The first-order valence-electron chi connectivity index (χ1n) is 7.45. The van der Waals surface area contributed by atoms with Gasteiger partial charge in [-0.3, -0.25) is 11.3 Å². The third kappa shape index (κ3) is 1.94. The summed E-state index contributed by atoms with van der Waals surface area (Å²) in [5, 5.41) is 0. The van der Waals surface area contributed by atoms with E-state index >= 15 is 0 Å². The first-order valence-corrected chi connectivity index (χ1v) is 7.45. The van der Waals surface area contributed by atoms with Gasteiger partial charge in [-0.25, -0.2) is 0 Å². The maximum Gasteiger partial charge on any atom is 0.0292 e. The Morgan fingerprint density at radius 1 is 0.941 bits per heavy atom. The smallest absolute Gasteiger partial charge is 0.0292 e. The van der Waals surface area contributed by atoms with Crippen molar-refractivity contribution in [2.45, 2.75) is 58.9 Å². The van der Waals surface area contributed by atoms with Crippen LogP contribution in [0, 0.1) is 35.0 Å². The van der Waals surface area contributed by atoms with Crippen LogP contribution in [0.3, 0.4) is 0 Å². The maximum atomic E-state index is 5.89. The van der Waals surface area contributed by atoms with Gasteiger partial charge < -0.3 is 0 Å². The molecule has 2 nitrogen and oxygen atoms in total. The molecule has 98 valence electrons. The SMILES string of the molecule is CC(C)(C)C(NN)C1C2CC3CC(C2)CC1C3. The lowest BCUT2D eigenvalue weighted by atomic mass is 9.49. The Balaban J connectivity index is 1.83. The van der Waals surface area contributed by atoms with E-state index in [9.17, 15) is 0 Å². The lowest BCUT2D eigenvalue weighted by Crippen LogP contribution is -2.58. The van der Waals surface area contributed by atoms with Crippen molar-refractivity contribution in [2.75, 3.05) is 0 Å². The highest BCUT2D eigenvalue weighted by Gasteiger charge is 2.52. The number of nitrogens with two attached hydrogens (primary N) is 1. The molecule has 0 spiro atoms. The molecule has 0 heterocycles. The van der Waals surface area contributed by atoms with Crippen molar-refractivity contribution in [1.82, 2.24) is 5.43 Å². The summed E-state index contributed by atoms with van der Waals surface area (Å²) in [7, 11) is 0. The zero-order valence-corrected chi connectivity index (χ0v) is 11.6. The predicted octanol–water partition coefficient (Wildman–Crippen LogP) is 2.94. The van der Waals surface area contributed by atoms with Gasteiger partial charge in [-0.2, -0.15) is 0 Å². The molecule has 0 amide bonds. The van der Waals surface area contributed by atoms with Crippen LogP contribution in [0.2, 0.25) is 0 Å². The van der Waals surface area contributed by atoms with Crippen LogP contribution in [0.4, 0.5) is 0 Å². The minimum absolute atomic E-state index is 0.286. The predicted molar refractivity (Wildman–Crippen MR) is 71.1 cm³/mol. The number of hydrazine groups is 1. The van der Waals surface area contributed by atoms with Crippen LogP contribution in [0.15, 0.2) is 0 Å². The molecule has 0 aromatic carbocycles. The molecular weight excluding hydrogens is 208 g/mol. The van der Waals surface area contributed by atoms with Gasteiger partial charge in [0.25, 0.3) is 0 Å². The van der Waals surface area contributed by atoms with Crippen molar-refractivity contribution in [3.8, 4) is 0 Å². The fraction of sp³-hybridized carbons (Fsp3) is 1.00. The summed E-state index contributed by atoms with van der Waals surface area (Å²) in [4.78, 5) is 0. The van der Waals surface area contributed by atoms with Crippen LogP contribution in [0.5, 0.6) is 0 Å². The summed E-state index contributed by atoms with van der Waals surface area (Å²) in [6, 6.07) is 0.498. The van der Waals surface area contributed by atoms with Crippen molar-refractivity contribution in [3.05, 3.63) is 0 Å². The molecule has 0 saturated heterocycles. The van der Waals surface area contributed by atoms with E-state index < -0.39 is 0 Å². The highest BCUT2D eigenvalue weighted by molar-refractivity contribution is 5.03. The van der Waals surface area contributed by atoms with E-state index in [1.54, 1.807) is 0 Å². The van der Waals surface area contributed by atoms with Crippen LogP contribution in [0.25, 0.3) is 0 Å². The minimum Gasteiger partial charge on any atom is -0.271 e. The second-order valence-corrected chi connectivity index (χ2v) is 8.02. The Morgan fingerprint density at radius 2 is 1.41 bits per heavy atom. The zero-order chi connectivity index (χ0) is 12.2. The van der Waals surface area contributed by atoms with Crippen molar-refractivity contribution in [3.63, 3.8) is 0 Å². The quantitative estimate of drug-likeness (QED) is 0.571. The van der Waals surface area contributed by atoms with Gasteiger partial charge in [-0.1, -0.05) is 20.8 Å². The fourth-order valence-electron chi connectivity index (χ4n) is 5.45. The van der Waals surface area contributed by atoms with E-state index in [4.69, 9.17) is 5.84 Å². The summed E-state index contributed by atoms with van der Waals surface area (Å²) >= 11 is 0. The van der Waals surface area contributed by atoms with E-state index in [2.05, 4.69) is 26.2 Å². The fourth-order valence-corrected chi connectivity index (χ4v) is 5.45. The molecule has 0 aliphatic heterocycles. The normalized spacial score (nSPS) is 46.2. The molecule has 4 bridgehead atoms. The van der Waals surface area contributed by atoms with E-state index in [1.807, 2.05) is 0 Å². The number of hydrogen-bond donors (Lipinski definition) is 2. The maximum absolute atomic E-state index is 5.89. The van der Waals surface area contributed by atoms with Crippen LogP contribution < -0.4 is 11.3 Å². The van der Waals surface area contributed by atoms with Crippen molar-refractivity contribution in [1.29, 1.82) is 0 Å². The Kier molecular flexibility index (Phi) is 2.79. The standard InChI is InChI=1S/C15H28N2/c1-15(2,3)14(17-16)13-11-5-9-4-10(7-11)8-12(13)6-9/h9-14,17H,4-8,16H2,1-3H3. The number of nitrogens with one attached hydrogen (secondary N) is 1. The first-order chi connectivity index (χ1) is 7.99. The molecule has 4 saturated carbocycles. The second-order valence-electron chi connectivity index (χ2n) is 8.02. The van der Waals surface area contributed by atoms with Gasteiger partial charge in [0.2, 0.25) is 0 Å². The van der Waals surface area contributed by atoms with Gasteiger partial charge in [0.1, 0.15) is 0 Å². The van der Waals surface area contributed by atoms with Crippen molar-refractivity contribution < 1.29 is 0 Å². The first kappa shape index (κ1) is 12.0. The monoisotopic (exact) mass is 236 g/mol.